The summed E-state index contributed by atoms with van der Waals surface area (Å²) in [5, 5.41) is 13.3. The van der Waals surface area contributed by atoms with Gasteiger partial charge in [-0.25, -0.2) is 0 Å². The molecule has 0 radical (unpaired) electrons. The molecule has 0 aliphatic carbocycles. The second-order valence-corrected chi connectivity index (χ2v) is 6.52. The van der Waals surface area contributed by atoms with E-state index >= 15 is 0 Å². The third-order valence-corrected chi connectivity index (χ3v) is 4.10. The van der Waals surface area contributed by atoms with Crippen molar-refractivity contribution in [2.75, 3.05) is 18.6 Å². The van der Waals surface area contributed by atoms with E-state index in [1.54, 1.807) is 6.26 Å². The van der Waals surface area contributed by atoms with Gasteiger partial charge in [-0.1, -0.05) is 0 Å². The first-order valence-corrected chi connectivity index (χ1v) is 8.24. The Morgan fingerprint density at radius 1 is 1.53 bits per heavy atom. The number of halogens is 1. The number of non-ortho nitro benzene ring substituents is 1. The topological polar surface area (TPSA) is 89.3 Å². The van der Waals surface area contributed by atoms with Crippen LogP contribution in [-0.4, -0.2) is 33.6 Å². The highest BCUT2D eigenvalue weighted by Crippen LogP contribution is 2.19. The summed E-state index contributed by atoms with van der Waals surface area (Å²) in [6, 6.07) is 4.16. The summed E-state index contributed by atoms with van der Waals surface area (Å²) in [5.74, 6) is 0.168. The highest BCUT2D eigenvalue weighted by molar-refractivity contribution is 14.1. The third kappa shape index (κ3) is 5.23. The van der Waals surface area contributed by atoms with Crippen molar-refractivity contribution in [1.82, 2.24) is 5.32 Å². The van der Waals surface area contributed by atoms with Crippen LogP contribution in [0.15, 0.2) is 18.2 Å². The Balaban J connectivity index is 2.68. The normalized spacial score (nSPS) is 11.9. The van der Waals surface area contributed by atoms with E-state index in [2.05, 4.69) is 5.32 Å². The molecule has 19 heavy (non-hydrogen) atoms. The van der Waals surface area contributed by atoms with Gasteiger partial charge in [-0.05, 0) is 35.1 Å². The summed E-state index contributed by atoms with van der Waals surface area (Å²) < 4.78 is 11.5. The van der Waals surface area contributed by atoms with Crippen molar-refractivity contribution in [1.29, 1.82) is 0 Å². The second kappa shape index (κ2) is 7.53. The van der Waals surface area contributed by atoms with Crippen molar-refractivity contribution in [3.8, 4) is 0 Å². The van der Waals surface area contributed by atoms with Gasteiger partial charge in [0.2, 0.25) is 0 Å². The standard InChI is InChI=1S/C11H13IN2O4S/c1-19(18)6-2-5-13-11(15)9-7-8(14(16)17)3-4-10(9)12/h3-4,7H,2,5-6H2,1H3,(H,13,15). The highest BCUT2D eigenvalue weighted by atomic mass is 127. The maximum absolute atomic E-state index is 11.9. The van der Waals surface area contributed by atoms with E-state index in [1.165, 1.54) is 18.2 Å². The van der Waals surface area contributed by atoms with Crippen molar-refractivity contribution in [2.45, 2.75) is 6.42 Å². The largest absolute Gasteiger partial charge is 0.352 e. The molecule has 0 saturated heterocycles. The van der Waals surface area contributed by atoms with Gasteiger partial charge >= 0.3 is 0 Å². The van der Waals surface area contributed by atoms with Crippen molar-refractivity contribution in [2.24, 2.45) is 0 Å². The van der Waals surface area contributed by atoms with Gasteiger partial charge in [0.25, 0.3) is 11.6 Å². The van der Waals surface area contributed by atoms with Crippen LogP contribution in [0.5, 0.6) is 0 Å². The Kier molecular flexibility index (Phi) is 6.35. The minimum atomic E-state index is -0.881. The fourth-order valence-electron chi connectivity index (χ4n) is 1.37. The predicted octanol–water partition coefficient (Wildman–Crippen LogP) is 1.70. The van der Waals surface area contributed by atoms with Crippen molar-refractivity contribution in [3.63, 3.8) is 0 Å². The van der Waals surface area contributed by atoms with E-state index in [0.29, 0.717) is 22.3 Å². The van der Waals surface area contributed by atoms with Crippen LogP contribution < -0.4 is 5.32 Å². The Bertz CT molecular complexity index is 521. The molecule has 1 aromatic carbocycles. The molecule has 1 atom stereocenters. The van der Waals surface area contributed by atoms with Crippen molar-refractivity contribution < 1.29 is 13.9 Å². The van der Waals surface area contributed by atoms with Gasteiger partial charge in [0.05, 0.1) is 10.5 Å². The second-order valence-electron chi connectivity index (χ2n) is 3.81. The quantitative estimate of drug-likeness (QED) is 0.343. The minimum Gasteiger partial charge on any atom is -0.352 e. The summed E-state index contributed by atoms with van der Waals surface area (Å²) in [4.78, 5) is 22.0. The Morgan fingerprint density at radius 3 is 2.79 bits per heavy atom. The zero-order valence-electron chi connectivity index (χ0n) is 10.2. The molecule has 0 aromatic heterocycles. The molecule has 104 valence electrons. The van der Waals surface area contributed by atoms with Gasteiger partial charge in [-0.15, -0.1) is 0 Å². The van der Waals surface area contributed by atoms with Crippen LogP contribution in [-0.2, 0) is 10.8 Å². The lowest BCUT2D eigenvalue weighted by Gasteiger charge is -2.06. The summed E-state index contributed by atoms with van der Waals surface area (Å²) in [6.07, 6.45) is 2.21. The number of nitrogens with one attached hydrogen (secondary N) is 1. The molecule has 0 saturated carbocycles. The molecule has 6 nitrogen and oxygen atoms in total. The Labute approximate surface area is 126 Å². The molecule has 1 amide bonds. The summed E-state index contributed by atoms with van der Waals surface area (Å²) in [5.41, 5.74) is 0.174. The van der Waals surface area contributed by atoms with Crippen LogP contribution in [0, 0.1) is 13.7 Å². The number of nitro benzene ring substituents is 1. The molecule has 0 aliphatic rings. The number of hydrogen-bond donors (Lipinski definition) is 1. The average molecular weight is 396 g/mol. The fourth-order valence-corrected chi connectivity index (χ4v) is 2.50. The van der Waals surface area contributed by atoms with Crippen LogP contribution >= 0.6 is 22.6 Å². The average Bonchev–Trinajstić information content (AvgIpc) is 2.34. The van der Waals surface area contributed by atoms with Crippen LogP contribution in [0.2, 0.25) is 0 Å². The summed E-state index contributed by atoms with van der Waals surface area (Å²) in [6.45, 7) is 0.400. The van der Waals surface area contributed by atoms with E-state index in [4.69, 9.17) is 0 Å². The van der Waals surface area contributed by atoms with Gasteiger partial charge in [-0.3, -0.25) is 19.1 Å². The van der Waals surface area contributed by atoms with Crippen molar-refractivity contribution >= 4 is 45.0 Å². The molecular weight excluding hydrogens is 383 g/mol. The highest BCUT2D eigenvalue weighted by Gasteiger charge is 2.14. The molecule has 0 fully saturated rings. The fraction of sp³-hybridized carbons (Fsp3) is 0.364. The molecule has 1 N–H and O–H groups in total. The molecule has 1 unspecified atom stereocenters. The molecule has 1 aromatic rings. The zero-order chi connectivity index (χ0) is 14.4. The van der Waals surface area contributed by atoms with Crippen LogP contribution in [0.1, 0.15) is 16.8 Å². The predicted molar refractivity (Wildman–Crippen MR) is 81.7 cm³/mol. The first-order chi connectivity index (χ1) is 8.91. The molecular formula is C11H13IN2O4S. The lowest BCUT2D eigenvalue weighted by Crippen LogP contribution is -2.26. The molecule has 0 bridgehead atoms. The van der Waals surface area contributed by atoms with Gasteiger partial charge in [-0.2, -0.15) is 0 Å². The smallest absolute Gasteiger partial charge is 0.270 e. The van der Waals surface area contributed by atoms with E-state index in [-0.39, 0.29) is 17.2 Å². The number of nitrogens with zero attached hydrogens (tertiary/aromatic N) is 1. The summed E-state index contributed by atoms with van der Waals surface area (Å²) in [7, 11) is -0.881. The minimum absolute atomic E-state index is 0.111. The van der Waals surface area contributed by atoms with E-state index in [0.717, 1.165) is 0 Å². The third-order valence-electron chi connectivity index (χ3n) is 2.30. The number of carbonyl (C=O) groups is 1. The Hall–Kier alpha value is -1.03. The molecule has 8 heteroatoms. The maximum Gasteiger partial charge on any atom is 0.270 e. The molecule has 0 heterocycles. The van der Waals surface area contributed by atoms with E-state index < -0.39 is 15.7 Å². The van der Waals surface area contributed by atoms with Gasteiger partial charge in [0.1, 0.15) is 0 Å². The number of amides is 1. The molecule has 1 rings (SSSR count). The van der Waals surface area contributed by atoms with Gasteiger partial charge in [0.15, 0.2) is 0 Å². The maximum atomic E-state index is 11.9. The van der Waals surface area contributed by atoms with Crippen LogP contribution in [0.25, 0.3) is 0 Å². The summed E-state index contributed by atoms with van der Waals surface area (Å²) >= 11 is 1.96. The number of carbonyl (C=O) groups excluding carboxylic acids is 1. The number of benzene rings is 1. The first kappa shape index (κ1) is 16.0. The van der Waals surface area contributed by atoms with Crippen LogP contribution in [0.3, 0.4) is 0 Å². The molecule has 0 spiro atoms. The number of nitro groups is 1. The number of hydrogen-bond acceptors (Lipinski definition) is 4. The number of rotatable bonds is 6. The van der Waals surface area contributed by atoms with Crippen LogP contribution in [0.4, 0.5) is 5.69 Å². The monoisotopic (exact) mass is 396 g/mol. The Morgan fingerprint density at radius 2 is 2.21 bits per heavy atom. The SMILES string of the molecule is CS(=O)CCCNC(=O)c1cc([N+](=O)[O-])ccc1I. The van der Waals surface area contributed by atoms with E-state index in [9.17, 15) is 19.1 Å². The van der Waals surface area contributed by atoms with Gasteiger partial charge < -0.3 is 5.32 Å². The van der Waals surface area contributed by atoms with Gasteiger partial charge in [0, 0.05) is 45.1 Å². The lowest BCUT2D eigenvalue weighted by atomic mass is 10.2. The van der Waals surface area contributed by atoms with Crippen molar-refractivity contribution in [3.05, 3.63) is 37.4 Å². The first-order valence-electron chi connectivity index (χ1n) is 5.44. The van der Waals surface area contributed by atoms with E-state index in [1.807, 2.05) is 22.6 Å². The molecule has 0 aliphatic heterocycles. The zero-order valence-corrected chi connectivity index (χ0v) is 13.2. The lowest BCUT2D eigenvalue weighted by molar-refractivity contribution is -0.384.